The van der Waals surface area contributed by atoms with E-state index in [0.29, 0.717) is 11.0 Å². The minimum absolute atomic E-state index is 0.0241. The molecule has 1 N–H and O–H groups in total. The first-order valence-electron chi connectivity index (χ1n) is 7.35. The summed E-state index contributed by atoms with van der Waals surface area (Å²) in [4.78, 5) is 9.57. The van der Waals surface area contributed by atoms with Gasteiger partial charge in [-0.25, -0.2) is 13.4 Å². The Morgan fingerprint density at radius 2 is 1.60 bits per heavy atom. The normalized spacial score (nSPS) is 10.9. The van der Waals surface area contributed by atoms with E-state index in [4.69, 9.17) is 5.53 Å². The lowest BCUT2D eigenvalue weighted by Crippen LogP contribution is -2.04. The number of H-pyrrole nitrogens is 1. The Hall–Kier alpha value is -3.28. The average Bonchev–Trinajstić information content (AvgIpc) is 3.07. The summed E-state index contributed by atoms with van der Waals surface area (Å²) in [5, 5.41) is 1.87. The van der Waals surface area contributed by atoms with Crippen molar-refractivity contribution < 1.29 is 13.2 Å². The lowest BCUT2D eigenvalue weighted by Gasteiger charge is -2.03. The van der Waals surface area contributed by atoms with Crippen LogP contribution < -0.4 is 0 Å². The highest BCUT2D eigenvalue weighted by atomic mass is 32.2. The average molecular weight is 350 g/mol. The molecule has 0 unspecified atom stereocenters. The molecule has 1 aromatic heterocycles. The Bertz CT molecular complexity index is 1160. The number of aromatic amines is 1. The van der Waals surface area contributed by atoms with Gasteiger partial charge < -0.3 is 10.5 Å². The van der Waals surface area contributed by atoms with E-state index >= 15 is 0 Å². The van der Waals surface area contributed by atoms with Crippen LogP contribution in [0.1, 0.15) is 0 Å². The fourth-order valence-corrected chi connectivity index (χ4v) is 3.72. The molecule has 0 aliphatic heterocycles. The number of nitrogens with one attached hydrogen (secondary N) is 1. The van der Waals surface area contributed by atoms with Crippen LogP contribution in [0.3, 0.4) is 0 Å². The number of hydrogen-bond acceptors (Lipinski definition) is 3. The van der Waals surface area contributed by atoms with Crippen LogP contribution in [0.2, 0.25) is 0 Å². The number of sulfone groups is 1. The van der Waals surface area contributed by atoms with Gasteiger partial charge in [-0.15, -0.1) is 0 Å². The summed E-state index contributed by atoms with van der Waals surface area (Å²) < 4.78 is 25.5. The number of benzene rings is 3. The molecule has 25 heavy (non-hydrogen) atoms. The zero-order valence-corrected chi connectivity index (χ0v) is 13.9. The van der Waals surface area contributed by atoms with Gasteiger partial charge in [0.15, 0.2) is 0 Å². The summed E-state index contributed by atoms with van der Waals surface area (Å²) in [5.41, 5.74) is 8.43. The number of fused-ring (bicyclic) bond motifs is 2. The maximum Gasteiger partial charge on any atom is 0.245 e. The molecule has 4 aromatic rings. The smallest absolute Gasteiger partial charge is 0.245 e. The quantitative estimate of drug-likeness (QED) is 0.340. The van der Waals surface area contributed by atoms with Crippen molar-refractivity contribution in [3.63, 3.8) is 0 Å². The number of imidazole rings is 1. The maximum absolute atomic E-state index is 12.8. The van der Waals surface area contributed by atoms with Crippen molar-refractivity contribution in [2.45, 2.75) is 10.1 Å². The van der Waals surface area contributed by atoms with Crippen LogP contribution in [-0.2, 0) is 9.84 Å². The van der Waals surface area contributed by atoms with Gasteiger partial charge in [0, 0.05) is 0 Å². The minimum Gasteiger partial charge on any atom is -0.362 e. The zero-order valence-electron chi connectivity index (χ0n) is 13.1. The molecule has 7 heteroatoms. The van der Waals surface area contributed by atoms with Gasteiger partial charge in [-0.2, -0.15) is 4.79 Å². The summed E-state index contributed by atoms with van der Waals surface area (Å²) in [6.07, 6.45) is 0. The highest BCUT2D eigenvalue weighted by molar-refractivity contribution is 7.91. The third-order valence-electron chi connectivity index (χ3n) is 3.65. The number of rotatable bonds is 2. The van der Waals surface area contributed by atoms with Gasteiger partial charge >= 0.3 is 0 Å². The molecule has 0 radical (unpaired) electrons. The lowest BCUT2D eigenvalue weighted by molar-refractivity contribution is 0.0110. The molecule has 0 aliphatic rings. The first-order chi connectivity index (χ1) is 12.1. The predicted octanol–water partition coefficient (Wildman–Crippen LogP) is 3.47. The van der Waals surface area contributed by atoms with E-state index in [1.165, 1.54) is 0 Å². The van der Waals surface area contributed by atoms with E-state index in [-0.39, 0.29) is 10.1 Å². The molecule has 0 spiro atoms. The molecule has 0 bridgehead atoms. The molecule has 6 nitrogen and oxygen atoms in total. The topological polar surface area (TPSA) is 99.2 Å². The SMILES string of the molecule is C=[N+]=[N-].O=S(=O)(c1ccc2ccccc2c1)c1nc2ccccc2[nH]1. The van der Waals surface area contributed by atoms with Gasteiger partial charge in [0.05, 0.1) is 15.9 Å². The highest BCUT2D eigenvalue weighted by Gasteiger charge is 2.22. The summed E-state index contributed by atoms with van der Waals surface area (Å²) in [5.74, 6) is 0. The fourth-order valence-electron chi connectivity index (χ4n) is 2.50. The molecule has 0 aliphatic carbocycles. The van der Waals surface area contributed by atoms with E-state index in [0.717, 1.165) is 10.8 Å². The van der Waals surface area contributed by atoms with E-state index in [2.05, 4.69) is 21.5 Å². The van der Waals surface area contributed by atoms with Gasteiger partial charge in [0.2, 0.25) is 21.7 Å². The summed E-state index contributed by atoms with van der Waals surface area (Å²) in [7, 11) is -3.66. The zero-order chi connectivity index (χ0) is 17.9. The summed E-state index contributed by atoms with van der Waals surface area (Å²) in [6, 6.07) is 20.0. The second kappa shape index (κ2) is 6.68. The Morgan fingerprint density at radius 3 is 2.32 bits per heavy atom. The first kappa shape index (κ1) is 16.6. The molecule has 0 saturated carbocycles. The van der Waals surface area contributed by atoms with Crippen molar-refractivity contribution in [1.82, 2.24) is 9.97 Å². The Morgan fingerprint density at radius 1 is 0.960 bits per heavy atom. The Labute approximate surface area is 144 Å². The van der Waals surface area contributed by atoms with Gasteiger partial charge in [0.25, 0.3) is 0 Å². The van der Waals surface area contributed by atoms with Crippen LogP contribution in [0.5, 0.6) is 0 Å². The summed E-state index contributed by atoms with van der Waals surface area (Å²) in [6.45, 7) is 2.67. The first-order valence-corrected chi connectivity index (χ1v) is 8.83. The van der Waals surface area contributed by atoms with Crippen molar-refractivity contribution in [1.29, 1.82) is 0 Å². The largest absolute Gasteiger partial charge is 0.362 e. The van der Waals surface area contributed by atoms with Crippen molar-refractivity contribution in [3.8, 4) is 0 Å². The van der Waals surface area contributed by atoms with Crippen molar-refractivity contribution in [2.24, 2.45) is 0 Å². The molecule has 0 fully saturated rings. The van der Waals surface area contributed by atoms with Crippen LogP contribution in [0, 0.1) is 0 Å². The molecule has 1 heterocycles. The summed E-state index contributed by atoms with van der Waals surface area (Å²) >= 11 is 0. The molecular formula is C18H14N4O2S. The molecule has 0 amide bonds. The molecular weight excluding hydrogens is 336 g/mol. The standard InChI is InChI=1S/C17H12N2O2S.CH2N2/c20-22(21,17-18-15-7-3-4-8-16(15)19-17)14-10-9-12-5-1-2-6-13(12)11-14;1-3-2/h1-11H,(H,18,19);1H2. The number of aromatic nitrogens is 2. The molecule has 3 aromatic carbocycles. The second-order valence-electron chi connectivity index (χ2n) is 5.21. The van der Waals surface area contributed by atoms with E-state index in [9.17, 15) is 8.42 Å². The Kier molecular flexibility index (Phi) is 4.43. The lowest BCUT2D eigenvalue weighted by atomic mass is 10.1. The molecule has 4 rings (SSSR count). The molecule has 0 atom stereocenters. The number of nitrogens with zero attached hydrogens (tertiary/aromatic N) is 3. The monoisotopic (exact) mass is 350 g/mol. The van der Waals surface area contributed by atoms with Gasteiger partial charge in [0.1, 0.15) is 0 Å². The number of hydrogen-bond donors (Lipinski definition) is 1. The number of para-hydroxylation sites is 2. The van der Waals surface area contributed by atoms with Crippen molar-refractivity contribution >= 4 is 38.4 Å². The molecule has 0 saturated heterocycles. The van der Waals surface area contributed by atoms with Gasteiger partial charge in [-0.05, 0) is 35.0 Å². The van der Waals surface area contributed by atoms with Crippen LogP contribution >= 0.6 is 0 Å². The van der Waals surface area contributed by atoms with Gasteiger partial charge in [-0.1, -0.05) is 42.5 Å². The van der Waals surface area contributed by atoms with Crippen molar-refractivity contribution in [2.75, 3.05) is 0 Å². The van der Waals surface area contributed by atoms with Crippen LogP contribution in [0.15, 0.2) is 76.8 Å². The fraction of sp³-hybridized carbons (Fsp3) is 0. The second-order valence-corrected chi connectivity index (χ2v) is 7.08. The van der Waals surface area contributed by atoms with Crippen LogP contribution in [-0.4, -0.2) is 29.9 Å². The minimum atomic E-state index is -3.66. The van der Waals surface area contributed by atoms with Crippen LogP contribution in [0.25, 0.3) is 27.3 Å². The van der Waals surface area contributed by atoms with E-state index < -0.39 is 9.84 Å². The third kappa shape index (κ3) is 3.19. The van der Waals surface area contributed by atoms with E-state index in [1.54, 1.807) is 18.2 Å². The highest BCUT2D eigenvalue weighted by Crippen LogP contribution is 2.24. The predicted molar refractivity (Wildman–Crippen MR) is 96.2 cm³/mol. The van der Waals surface area contributed by atoms with Gasteiger partial charge in [-0.3, -0.25) is 0 Å². The maximum atomic E-state index is 12.8. The third-order valence-corrected chi connectivity index (χ3v) is 5.23. The van der Waals surface area contributed by atoms with Crippen molar-refractivity contribution in [3.05, 3.63) is 72.3 Å². The Balaban J connectivity index is 0.000000569. The van der Waals surface area contributed by atoms with Crippen LogP contribution in [0.4, 0.5) is 0 Å². The molecule has 124 valence electrons. The van der Waals surface area contributed by atoms with E-state index in [1.807, 2.05) is 48.5 Å².